The second-order valence-corrected chi connectivity index (χ2v) is 13.2. The van der Waals surface area contributed by atoms with Gasteiger partial charge in [0.05, 0.1) is 17.5 Å². The van der Waals surface area contributed by atoms with E-state index in [4.69, 9.17) is 9.47 Å². The lowest BCUT2D eigenvalue weighted by molar-refractivity contribution is -0.274. The summed E-state index contributed by atoms with van der Waals surface area (Å²) in [6.07, 6.45) is 0.338. The summed E-state index contributed by atoms with van der Waals surface area (Å²) in [6.45, 7) is 2.93. The number of likely N-dealkylation sites (N-methyl/N-ethyl adjacent to an activating group) is 1. The second-order valence-electron chi connectivity index (χ2n) is 13.2. The van der Waals surface area contributed by atoms with Gasteiger partial charge >= 0.3 is 12.3 Å². The van der Waals surface area contributed by atoms with Crippen molar-refractivity contribution in [1.29, 1.82) is 0 Å². The van der Waals surface area contributed by atoms with E-state index in [0.717, 1.165) is 30.6 Å². The lowest BCUT2D eigenvalue weighted by Gasteiger charge is -2.65. The Kier molecular flexibility index (Phi) is 7.93. The number of ether oxygens (including phenoxy) is 3. The van der Waals surface area contributed by atoms with Crippen molar-refractivity contribution < 1.29 is 42.1 Å². The van der Waals surface area contributed by atoms with E-state index in [9.17, 15) is 27.9 Å². The number of hydrogen-bond acceptors (Lipinski definition) is 7. The quantitative estimate of drug-likeness (QED) is 0.241. The van der Waals surface area contributed by atoms with Crippen LogP contribution in [0.2, 0.25) is 0 Å². The fraction of sp³-hybridized carbons (Fsp3) is 0.405. The molecule has 1 spiro atoms. The maximum absolute atomic E-state index is 13.7. The standard InChI is InChI=1S/C37H37F3N2O6/c1-23(43)47-36-17-15-28(41(2)31(45)14-11-25-9-6-10-27(21-25)48-37(38,39)40)34-35(36)18-20-42(19-16-24-7-4-3-5-8-24)30(36)22-26-12-13-29(44)33(46-34)32(26)35/h3-14,21,28,30,34,44H,15-20,22H2,1-2H3/t28-,30-,34+,35+,36-/m1/s1. The van der Waals surface area contributed by atoms with Crippen LogP contribution in [0.3, 0.4) is 0 Å². The first-order valence-corrected chi connectivity index (χ1v) is 16.2. The molecule has 0 radical (unpaired) electrons. The third-order valence-electron chi connectivity index (χ3n) is 10.7. The van der Waals surface area contributed by atoms with Gasteiger partial charge in [0.2, 0.25) is 5.91 Å². The predicted octanol–water partition coefficient (Wildman–Crippen LogP) is 5.80. The smallest absolute Gasteiger partial charge is 0.504 e. The Hall–Kier alpha value is -4.51. The third kappa shape index (κ3) is 5.28. The molecule has 0 unspecified atom stereocenters. The fourth-order valence-corrected chi connectivity index (χ4v) is 8.88. The highest BCUT2D eigenvalue weighted by Gasteiger charge is 2.75. The summed E-state index contributed by atoms with van der Waals surface area (Å²) in [4.78, 5) is 30.6. The Morgan fingerprint density at radius 3 is 2.65 bits per heavy atom. The molecule has 0 aromatic heterocycles. The Labute approximate surface area is 276 Å². The van der Waals surface area contributed by atoms with Crippen molar-refractivity contribution in [1.82, 2.24) is 9.80 Å². The average molecular weight is 663 g/mol. The fourth-order valence-electron chi connectivity index (χ4n) is 8.88. The number of phenols is 1. The molecule has 3 aromatic rings. The average Bonchev–Trinajstić information content (AvgIpc) is 3.39. The lowest BCUT2D eigenvalue weighted by Crippen LogP contribution is -2.79. The van der Waals surface area contributed by atoms with Gasteiger partial charge in [-0.3, -0.25) is 14.5 Å². The van der Waals surface area contributed by atoms with Crippen molar-refractivity contribution in [3.8, 4) is 17.2 Å². The van der Waals surface area contributed by atoms with E-state index in [-0.39, 0.29) is 29.4 Å². The van der Waals surface area contributed by atoms with Crippen LogP contribution in [0.25, 0.3) is 6.08 Å². The second kappa shape index (κ2) is 11.9. The van der Waals surface area contributed by atoms with Crippen molar-refractivity contribution in [3.05, 3.63) is 95.1 Å². The van der Waals surface area contributed by atoms with Gasteiger partial charge in [0.15, 0.2) is 11.5 Å². The molecule has 2 heterocycles. The molecule has 3 aromatic carbocycles. The summed E-state index contributed by atoms with van der Waals surface area (Å²) < 4.78 is 55.4. The molecular weight excluding hydrogens is 625 g/mol. The third-order valence-corrected chi connectivity index (χ3v) is 10.7. The minimum absolute atomic E-state index is 0.00721. The van der Waals surface area contributed by atoms with E-state index < -0.39 is 29.5 Å². The number of rotatable bonds is 8. The molecule has 2 aliphatic carbocycles. The highest BCUT2D eigenvalue weighted by molar-refractivity contribution is 5.92. The molecule has 2 bridgehead atoms. The van der Waals surface area contributed by atoms with Gasteiger partial charge in [-0.15, -0.1) is 13.2 Å². The minimum atomic E-state index is -4.83. The topological polar surface area (TPSA) is 88.5 Å². The van der Waals surface area contributed by atoms with E-state index in [1.807, 2.05) is 24.3 Å². The van der Waals surface area contributed by atoms with Crippen LogP contribution in [0.15, 0.2) is 72.8 Å². The first-order chi connectivity index (χ1) is 22.9. The summed E-state index contributed by atoms with van der Waals surface area (Å²) in [5.74, 6) is -0.742. The van der Waals surface area contributed by atoms with E-state index in [0.29, 0.717) is 37.0 Å². The summed E-state index contributed by atoms with van der Waals surface area (Å²) in [5, 5.41) is 11.1. The van der Waals surface area contributed by atoms with Crippen molar-refractivity contribution in [3.63, 3.8) is 0 Å². The number of halogens is 3. The molecule has 2 fully saturated rings. The number of phenolic OH excluding ortho intramolecular Hbond substituents is 1. The molecule has 4 aliphatic rings. The monoisotopic (exact) mass is 662 g/mol. The summed E-state index contributed by atoms with van der Waals surface area (Å²) in [5.41, 5.74) is 1.75. The minimum Gasteiger partial charge on any atom is -0.504 e. The van der Waals surface area contributed by atoms with Gasteiger partial charge in [-0.1, -0.05) is 48.5 Å². The van der Waals surface area contributed by atoms with Crippen molar-refractivity contribution >= 4 is 18.0 Å². The maximum atomic E-state index is 13.7. The van der Waals surface area contributed by atoms with E-state index in [2.05, 4.69) is 21.8 Å². The van der Waals surface area contributed by atoms with Crippen molar-refractivity contribution in [2.45, 2.75) is 74.6 Å². The Morgan fingerprint density at radius 2 is 1.90 bits per heavy atom. The predicted molar refractivity (Wildman–Crippen MR) is 170 cm³/mol. The first kappa shape index (κ1) is 32.1. The van der Waals surface area contributed by atoms with E-state index in [1.54, 1.807) is 24.1 Å². The summed E-state index contributed by atoms with van der Waals surface area (Å²) >= 11 is 0. The zero-order chi connectivity index (χ0) is 33.8. The highest BCUT2D eigenvalue weighted by Crippen LogP contribution is 2.67. The molecule has 11 heteroatoms. The molecule has 1 saturated carbocycles. The Balaban J connectivity index is 1.22. The van der Waals surface area contributed by atoms with Crippen LogP contribution in [-0.4, -0.2) is 77.1 Å². The van der Waals surface area contributed by atoms with Gasteiger partial charge in [-0.05, 0) is 79.6 Å². The number of benzene rings is 3. The normalized spacial score (nSPS) is 27.2. The van der Waals surface area contributed by atoms with Crippen molar-refractivity contribution in [2.75, 3.05) is 20.1 Å². The molecule has 252 valence electrons. The maximum Gasteiger partial charge on any atom is 0.573 e. The van der Waals surface area contributed by atoms with Crippen LogP contribution < -0.4 is 9.47 Å². The molecule has 7 rings (SSSR count). The number of likely N-dealkylation sites (tertiary alicyclic amines) is 1. The zero-order valence-corrected chi connectivity index (χ0v) is 26.7. The van der Waals surface area contributed by atoms with Gasteiger partial charge in [0.1, 0.15) is 17.5 Å². The Morgan fingerprint density at radius 1 is 1.10 bits per heavy atom. The number of aromatic hydroxyl groups is 1. The van der Waals surface area contributed by atoms with Gasteiger partial charge < -0.3 is 24.2 Å². The number of amides is 1. The molecule has 8 nitrogen and oxygen atoms in total. The summed E-state index contributed by atoms with van der Waals surface area (Å²) in [7, 11) is 1.68. The van der Waals surface area contributed by atoms with Crippen LogP contribution in [0, 0.1) is 0 Å². The lowest BCUT2D eigenvalue weighted by atomic mass is 9.48. The molecular formula is C37H37F3N2O6. The Bertz CT molecular complexity index is 1760. The van der Waals surface area contributed by atoms with E-state index in [1.165, 1.54) is 42.8 Å². The van der Waals surface area contributed by atoms with Gasteiger partial charge in [0, 0.05) is 32.2 Å². The van der Waals surface area contributed by atoms with E-state index >= 15 is 0 Å². The number of piperidine rings is 1. The molecule has 1 N–H and O–H groups in total. The van der Waals surface area contributed by atoms with Gasteiger partial charge in [0.25, 0.3) is 0 Å². The zero-order valence-electron chi connectivity index (χ0n) is 26.7. The number of nitrogens with zero attached hydrogens (tertiary/aromatic N) is 2. The molecule has 1 amide bonds. The number of carbonyl (C=O) groups excluding carboxylic acids is 2. The summed E-state index contributed by atoms with van der Waals surface area (Å²) in [6, 6.07) is 18.7. The van der Waals surface area contributed by atoms with Crippen LogP contribution in [-0.2, 0) is 32.6 Å². The molecule has 48 heavy (non-hydrogen) atoms. The SMILES string of the molecule is CC(=O)O[C@@]12CC[C@@H](N(C)C(=O)C=Cc3cccc(OC(F)(F)F)c3)[C@@H]3Oc4c(O)ccc5c4[C@@]31CCN(CCc1ccccc1)[C@@H]2C5. The number of alkyl halides is 3. The highest BCUT2D eigenvalue weighted by atomic mass is 19.4. The van der Waals surface area contributed by atoms with Crippen LogP contribution >= 0.6 is 0 Å². The molecule has 2 aliphatic heterocycles. The molecule has 5 atom stereocenters. The van der Waals surface area contributed by atoms with Gasteiger partial charge in [-0.25, -0.2) is 0 Å². The van der Waals surface area contributed by atoms with Gasteiger partial charge in [-0.2, -0.15) is 0 Å². The number of esters is 1. The number of carbonyl (C=O) groups is 2. The van der Waals surface area contributed by atoms with Crippen LogP contribution in [0.4, 0.5) is 13.2 Å². The first-order valence-electron chi connectivity index (χ1n) is 16.2. The van der Waals surface area contributed by atoms with Crippen LogP contribution in [0.5, 0.6) is 17.2 Å². The number of hydrogen-bond donors (Lipinski definition) is 1. The largest absolute Gasteiger partial charge is 0.573 e. The van der Waals surface area contributed by atoms with Crippen LogP contribution in [0.1, 0.15) is 48.4 Å². The molecule has 1 saturated heterocycles. The van der Waals surface area contributed by atoms with Crippen molar-refractivity contribution in [2.24, 2.45) is 0 Å².